The van der Waals surface area contributed by atoms with Gasteiger partial charge in [-0.05, 0) is 56.0 Å². The molecule has 0 saturated heterocycles. The van der Waals surface area contributed by atoms with Crippen molar-refractivity contribution < 1.29 is 38.0 Å². The van der Waals surface area contributed by atoms with Gasteiger partial charge in [-0.1, -0.05) is 65.8 Å². The zero-order valence-corrected chi connectivity index (χ0v) is 32.6. The van der Waals surface area contributed by atoms with E-state index in [4.69, 9.17) is 33.8 Å². The quantitative estimate of drug-likeness (QED) is 0.0491. The number of nitrogen functional groups attached to an aromatic ring is 1. The first-order valence-corrected chi connectivity index (χ1v) is 19.2. The van der Waals surface area contributed by atoms with Crippen LogP contribution < -0.4 is 15.2 Å². The fourth-order valence-electron chi connectivity index (χ4n) is 5.70. The number of carbonyl (C=O) groups is 1. The van der Waals surface area contributed by atoms with E-state index in [1.165, 1.54) is 0 Å². The largest absolute Gasteiger partial charge is 0.497 e. The molecule has 0 bridgehead atoms. The number of carboxylic acids is 1. The zero-order valence-electron chi connectivity index (χ0n) is 31.6. The molecule has 0 fully saturated rings. The summed E-state index contributed by atoms with van der Waals surface area (Å²) in [7, 11) is 6.15. The van der Waals surface area contributed by atoms with E-state index in [0.717, 1.165) is 11.1 Å². The molecule has 0 aliphatic rings. The van der Waals surface area contributed by atoms with E-state index < -0.39 is 14.3 Å². The van der Waals surface area contributed by atoms with Crippen molar-refractivity contribution in [1.82, 2.24) is 0 Å². The number of hydrogen-bond acceptors (Lipinski definition) is 8. The third-order valence-corrected chi connectivity index (χ3v) is 13.9. The van der Waals surface area contributed by atoms with Gasteiger partial charge in [0, 0.05) is 50.4 Å². The summed E-state index contributed by atoms with van der Waals surface area (Å²) < 4.78 is 36.4. The Morgan fingerprint density at radius 3 is 2.04 bits per heavy atom. The van der Waals surface area contributed by atoms with Gasteiger partial charge >= 0.3 is 5.97 Å². The molecule has 1 aromatic rings. The van der Waals surface area contributed by atoms with Crippen molar-refractivity contribution in [2.75, 3.05) is 41.3 Å². The van der Waals surface area contributed by atoms with Crippen LogP contribution in [0.3, 0.4) is 0 Å². The van der Waals surface area contributed by atoms with E-state index in [-0.39, 0.29) is 52.8 Å². The van der Waals surface area contributed by atoms with Crippen LogP contribution in [0.2, 0.25) is 18.1 Å². The van der Waals surface area contributed by atoms with Gasteiger partial charge in [0.1, 0.15) is 11.5 Å². The van der Waals surface area contributed by atoms with Crippen molar-refractivity contribution in [3.05, 3.63) is 53.1 Å². The summed E-state index contributed by atoms with van der Waals surface area (Å²) >= 11 is 0. The number of rotatable bonds is 19. The molecule has 0 saturated carbocycles. The van der Waals surface area contributed by atoms with Gasteiger partial charge in [0.05, 0.1) is 44.3 Å². The standard InChI is InChI=1S/C37H63NO8Si/c1-23(17-16-18-24(2)36(39)40)32(46-47(14,15)37(6,7)8)25(3)19-26(4)34(44-12)31(42-10)20-27(5)33(43-11)29-21-28(41-9)22-30(38)35(29)45-13/h16-19,21-23,26-27,31-34H,20,38H2,1-15H3,(H,39,40)/b17-16-,24-18+,25-19+/t23-,26-,27-,31-,32+,33+,34+/m0/s1. The van der Waals surface area contributed by atoms with E-state index in [1.807, 2.05) is 18.2 Å². The number of carboxylic acid groups (broad SMARTS) is 1. The molecule has 0 aliphatic carbocycles. The Kier molecular flexibility index (Phi) is 16.9. The topological polar surface area (TPSA) is 119 Å². The molecule has 3 N–H and O–H groups in total. The van der Waals surface area contributed by atoms with Gasteiger partial charge in [0.25, 0.3) is 0 Å². The average Bonchev–Trinajstić information content (AvgIpc) is 2.98. The molecule has 0 radical (unpaired) electrons. The van der Waals surface area contributed by atoms with Gasteiger partial charge in [-0.2, -0.15) is 0 Å². The van der Waals surface area contributed by atoms with Gasteiger partial charge in [-0.3, -0.25) is 0 Å². The molecular formula is C37H63NO8Si. The van der Waals surface area contributed by atoms with Crippen LogP contribution in [0.4, 0.5) is 5.69 Å². The molecule has 1 rings (SSSR count). The number of ether oxygens (including phenoxy) is 5. The van der Waals surface area contributed by atoms with Crippen LogP contribution >= 0.6 is 0 Å². The highest BCUT2D eigenvalue weighted by atomic mass is 28.4. The predicted molar refractivity (Wildman–Crippen MR) is 194 cm³/mol. The minimum absolute atomic E-state index is 0.00224. The van der Waals surface area contributed by atoms with Gasteiger partial charge in [-0.15, -0.1) is 0 Å². The van der Waals surface area contributed by atoms with Crippen LogP contribution in [-0.2, 0) is 23.4 Å². The Morgan fingerprint density at radius 1 is 0.957 bits per heavy atom. The van der Waals surface area contributed by atoms with Crippen molar-refractivity contribution in [2.24, 2.45) is 17.8 Å². The Labute approximate surface area is 285 Å². The molecule has 47 heavy (non-hydrogen) atoms. The third kappa shape index (κ3) is 11.8. The normalized spacial score (nSPS) is 17.9. The van der Waals surface area contributed by atoms with Crippen molar-refractivity contribution in [3.8, 4) is 11.5 Å². The van der Waals surface area contributed by atoms with E-state index in [0.29, 0.717) is 23.6 Å². The van der Waals surface area contributed by atoms with Crippen LogP contribution in [0.5, 0.6) is 11.5 Å². The number of methoxy groups -OCH3 is 5. The van der Waals surface area contributed by atoms with Crippen LogP contribution in [0.15, 0.2) is 47.6 Å². The first-order valence-electron chi connectivity index (χ1n) is 16.3. The summed E-state index contributed by atoms with van der Waals surface area (Å²) in [4.78, 5) is 11.3. The van der Waals surface area contributed by atoms with Crippen molar-refractivity contribution in [3.63, 3.8) is 0 Å². The number of allylic oxidation sites excluding steroid dienone is 2. The highest BCUT2D eigenvalue weighted by Crippen LogP contribution is 2.42. The summed E-state index contributed by atoms with van der Waals surface area (Å²) in [6.45, 7) is 21.2. The van der Waals surface area contributed by atoms with E-state index in [1.54, 1.807) is 54.6 Å². The number of benzene rings is 1. The molecule has 0 amide bonds. The van der Waals surface area contributed by atoms with Gasteiger partial charge in [0.2, 0.25) is 0 Å². The lowest BCUT2D eigenvalue weighted by molar-refractivity contribution is -0.132. The zero-order chi connectivity index (χ0) is 36.3. The van der Waals surface area contributed by atoms with Gasteiger partial charge in [-0.25, -0.2) is 4.79 Å². The molecule has 0 aromatic heterocycles. The predicted octanol–water partition coefficient (Wildman–Crippen LogP) is 8.23. The number of anilines is 1. The average molecular weight is 678 g/mol. The first kappa shape index (κ1) is 42.4. The molecule has 268 valence electrons. The van der Waals surface area contributed by atoms with Gasteiger partial charge < -0.3 is 39.0 Å². The molecule has 10 heteroatoms. The Morgan fingerprint density at radius 2 is 1.57 bits per heavy atom. The van der Waals surface area contributed by atoms with Crippen molar-refractivity contribution in [2.45, 2.75) is 104 Å². The molecule has 0 heterocycles. The number of aliphatic carboxylic acids is 1. The maximum atomic E-state index is 11.3. The SMILES string of the molecule is COc1cc(N)c(OC)c([C@H](OC)[C@@H](C)C[C@H](OC)[C@H](OC)[C@@H](C)/C=C(\C)[C@H](O[Si](C)(C)C(C)(C)C)[C@@H](C)/C=C\C=C(/C)C(=O)O)c1. The molecular weight excluding hydrogens is 614 g/mol. The second-order valence-corrected chi connectivity index (χ2v) is 18.9. The van der Waals surface area contributed by atoms with Gasteiger partial charge in [0.15, 0.2) is 8.32 Å². The second-order valence-electron chi connectivity index (χ2n) is 14.2. The van der Waals surface area contributed by atoms with E-state index in [9.17, 15) is 9.90 Å². The van der Waals surface area contributed by atoms with Crippen LogP contribution in [0.25, 0.3) is 0 Å². The molecule has 0 aliphatic heterocycles. The van der Waals surface area contributed by atoms with Crippen LogP contribution in [-0.4, -0.2) is 73.3 Å². The highest BCUT2D eigenvalue weighted by molar-refractivity contribution is 6.74. The fraction of sp³-hybridized carbons (Fsp3) is 0.649. The summed E-state index contributed by atoms with van der Waals surface area (Å²) in [5.74, 6) is 0.248. The molecule has 7 atom stereocenters. The monoisotopic (exact) mass is 677 g/mol. The Balaban J connectivity index is 3.43. The molecule has 0 spiro atoms. The van der Waals surface area contributed by atoms with E-state index >= 15 is 0 Å². The minimum Gasteiger partial charge on any atom is -0.497 e. The number of nitrogens with two attached hydrogens (primary N) is 1. The summed E-state index contributed by atoms with van der Waals surface area (Å²) in [6, 6.07) is 3.64. The van der Waals surface area contributed by atoms with Crippen LogP contribution in [0.1, 0.15) is 73.5 Å². The Bertz CT molecular complexity index is 1240. The number of hydrogen-bond donors (Lipinski definition) is 2. The molecule has 9 nitrogen and oxygen atoms in total. The van der Waals surface area contributed by atoms with Crippen molar-refractivity contribution >= 4 is 20.0 Å². The molecule has 0 unspecified atom stereocenters. The summed E-state index contributed by atoms with van der Waals surface area (Å²) in [6.07, 6.45) is 7.28. The maximum absolute atomic E-state index is 11.3. The Hall–Kier alpha value is -2.63. The lowest BCUT2D eigenvalue weighted by Gasteiger charge is -2.41. The lowest BCUT2D eigenvalue weighted by Crippen LogP contribution is -2.45. The molecule has 1 aromatic carbocycles. The smallest absolute Gasteiger partial charge is 0.331 e. The lowest BCUT2D eigenvalue weighted by atomic mass is 9.86. The maximum Gasteiger partial charge on any atom is 0.331 e. The fourth-order valence-corrected chi connectivity index (χ4v) is 7.09. The summed E-state index contributed by atoms with van der Waals surface area (Å²) in [5, 5.41) is 9.28. The first-order chi connectivity index (χ1) is 21.8. The van der Waals surface area contributed by atoms with Crippen LogP contribution in [0, 0.1) is 17.8 Å². The van der Waals surface area contributed by atoms with Crippen molar-refractivity contribution in [1.29, 1.82) is 0 Å². The third-order valence-electron chi connectivity index (χ3n) is 9.48. The summed E-state index contributed by atoms with van der Waals surface area (Å²) in [5.41, 5.74) is 8.96. The second kappa shape index (κ2) is 18.8. The van der Waals surface area contributed by atoms with E-state index in [2.05, 4.69) is 67.6 Å². The minimum atomic E-state index is -2.16. The highest BCUT2D eigenvalue weighted by Gasteiger charge is 2.40.